The Kier molecular flexibility index (Phi) is 1.88. The van der Waals surface area contributed by atoms with Gasteiger partial charge in [0.2, 0.25) is 0 Å². The maximum Gasteiger partial charge on any atom is 0.00106 e. The van der Waals surface area contributed by atoms with Crippen molar-refractivity contribution in [2.75, 3.05) is 26.2 Å². The van der Waals surface area contributed by atoms with Crippen molar-refractivity contribution in [2.45, 2.75) is 25.7 Å². The van der Waals surface area contributed by atoms with Gasteiger partial charge >= 0.3 is 0 Å². The zero-order chi connectivity index (χ0) is 8.73. The van der Waals surface area contributed by atoms with Crippen LogP contribution in [0.3, 0.4) is 0 Å². The van der Waals surface area contributed by atoms with Gasteiger partial charge in [0.15, 0.2) is 0 Å². The van der Waals surface area contributed by atoms with Gasteiger partial charge in [0.25, 0.3) is 0 Å². The molecule has 0 radical (unpaired) electrons. The van der Waals surface area contributed by atoms with Crippen molar-refractivity contribution < 1.29 is 0 Å². The van der Waals surface area contributed by atoms with Gasteiger partial charge in [-0.15, -0.1) is 0 Å². The fraction of sp³-hybridized carbons (Fsp3) is 1.00. The average Bonchev–Trinajstić information content (AvgIpc) is 2.82. The van der Waals surface area contributed by atoms with E-state index in [0.29, 0.717) is 0 Å². The van der Waals surface area contributed by atoms with E-state index >= 15 is 0 Å². The minimum Gasteiger partial charge on any atom is -0.316 e. The minimum atomic E-state index is 0.789. The molecule has 0 unspecified atom stereocenters. The largest absolute Gasteiger partial charge is 0.316 e. The lowest BCUT2D eigenvalue weighted by Crippen LogP contribution is -2.47. The Balaban J connectivity index is 1.37. The van der Waals surface area contributed by atoms with Gasteiger partial charge in [0.1, 0.15) is 0 Å². The molecule has 1 aliphatic heterocycles. The molecule has 74 valence electrons. The Morgan fingerprint density at radius 2 is 2.00 bits per heavy atom. The molecule has 2 aliphatic carbocycles. The highest BCUT2D eigenvalue weighted by Crippen LogP contribution is 2.60. The first kappa shape index (κ1) is 8.25. The summed E-state index contributed by atoms with van der Waals surface area (Å²) in [5, 5.41) is 6.99. The lowest BCUT2D eigenvalue weighted by Gasteiger charge is -2.28. The molecule has 3 fully saturated rings. The predicted molar refractivity (Wildman–Crippen MR) is 53.6 cm³/mol. The lowest BCUT2D eigenvalue weighted by atomic mass is 9.99. The number of nitrogens with one attached hydrogen (secondary N) is 2. The number of hydrogen-bond donors (Lipinski definition) is 2. The molecule has 0 aromatic heterocycles. The third-order valence-electron chi connectivity index (χ3n) is 4.11. The molecule has 2 saturated carbocycles. The van der Waals surface area contributed by atoms with Crippen LogP contribution in [0, 0.1) is 17.3 Å². The summed E-state index contributed by atoms with van der Waals surface area (Å²) in [6.45, 7) is 5.04. The molecule has 2 N–H and O–H groups in total. The maximum atomic E-state index is 3.67. The molecular formula is C11H20N2. The minimum absolute atomic E-state index is 0.789. The molecule has 2 nitrogen and oxygen atoms in total. The second-order valence-corrected chi connectivity index (χ2v) is 5.29. The molecule has 1 saturated heterocycles. The van der Waals surface area contributed by atoms with Crippen LogP contribution >= 0.6 is 0 Å². The fourth-order valence-corrected chi connectivity index (χ4v) is 2.60. The maximum absolute atomic E-state index is 3.67. The van der Waals surface area contributed by atoms with Gasteiger partial charge in [0.05, 0.1) is 0 Å². The molecule has 2 heteroatoms. The van der Waals surface area contributed by atoms with Crippen LogP contribution in [0.1, 0.15) is 25.7 Å². The Hall–Kier alpha value is -0.0800. The smallest absolute Gasteiger partial charge is 0.00106 e. The predicted octanol–water partition coefficient (Wildman–Crippen LogP) is 0.986. The summed E-state index contributed by atoms with van der Waals surface area (Å²) in [4.78, 5) is 0. The van der Waals surface area contributed by atoms with Crippen molar-refractivity contribution in [1.29, 1.82) is 0 Å². The van der Waals surface area contributed by atoms with Gasteiger partial charge in [-0.3, -0.25) is 0 Å². The van der Waals surface area contributed by atoms with Crippen molar-refractivity contribution in [1.82, 2.24) is 10.6 Å². The summed E-state index contributed by atoms with van der Waals surface area (Å²) >= 11 is 0. The van der Waals surface area contributed by atoms with Gasteiger partial charge in [-0.1, -0.05) is 0 Å². The van der Waals surface area contributed by atoms with Crippen molar-refractivity contribution in [3.63, 3.8) is 0 Å². The Labute approximate surface area is 80.5 Å². The van der Waals surface area contributed by atoms with E-state index in [1.165, 1.54) is 51.9 Å². The SMILES string of the molecule is C1NCC1CNCC1(C2CC2)CC1. The van der Waals surface area contributed by atoms with Crippen molar-refractivity contribution >= 4 is 0 Å². The summed E-state index contributed by atoms with van der Waals surface area (Å²) in [6, 6.07) is 0. The highest BCUT2D eigenvalue weighted by Gasteiger charge is 2.53. The first-order valence-corrected chi connectivity index (χ1v) is 5.80. The Morgan fingerprint density at radius 1 is 1.23 bits per heavy atom. The zero-order valence-corrected chi connectivity index (χ0v) is 8.31. The normalized spacial score (nSPS) is 31.4. The van der Waals surface area contributed by atoms with Crippen LogP contribution in [0.2, 0.25) is 0 Å². The van der Waals surface area contributed by atoms with Crippen molar-refractivity contribution in [3.05, 3.63) is 0 Å². The van der Waals surface area contributed by atoms with Gasteiger partial charge in [-0.05, 0) is 42.9 Å². The molecule has 3 aliphatic rings. The van der Waals surface area contributed by atoms with Gasteiger partial charge in [-0.25, -0.2) is 0 Å². The van der Waals surface area contributed by atoms with E-state index in [9.17, 15) is 0 Å². The fourth-order valence-electron chi connectivity index (χ4n) is 2.60. The van der Waals surface area contributed by atoms with E-state index in [1.807, 2.05) is 0 Å². The number of hydrogen-bond acceptors (Lipinski definition) is 2. The molecule has 3 rings (SSSR count). The van der Waals surface area contributed by atoms with Gasteiger partial charge < -0.3 is 10.6 Å². The molecular weight excluding hydrogens is 160 g/mol. The first-order valence-electron chi connectivity index (χ1n) is 5.80. The molecule has 13 heavy (non-hydrogen) atoms. The topological polar surface area (TPSA) is 24.1 Å². The van der Waals surface area contributed by atoms with E-state index in [0.717, 1.165) is 17.3 Å². The molecule has 0 aromatic carbocycles. The monoisotopic (exact) mass is 180 g/mol. The molecule has 1 heterocycles. The van der Waals surface area contributed by atoms with E-state index in [-0.39, 0.29) is 0 Å². The summed E-state index contributed by atoms with van der Waals surface area (Å²) < 4.78 is 0. The third-order valence-corrected chi connectivity index (χ3v) is 4.11. The second-order valence-electron chi connectivity index (χ2n) is 5.29. The average molecular weight is 180 g/mol. The number of rotatable bonds is 5. The van der Waals surface area contributed by atoms with Crippen LogP contribution in [0.5, 0.6) is 0 Å². The quantitative estimate of drug-likeness (QED) is 0.659. The van der Waals surface area contributed by atoms with Gasteiger partial charge in [0, 0.05) is 26.2 Å². The van der Waals surface area contributed by atoms with Crippen LogP contribution in [0.25, 0.3) is 0 Å². The summed E-state index contributed by atoms with van der Waals surface area (Å²) in [5.41, 5.74) is 0.789. The van der Waals surface area contributed by atoms with Crippen LogP contribution < -0.4 is 10.6 Å². The molecule has 0 atom stereocenters. The molecule has 0 bridgehead atoms. The third kappa shape index (κ3) is 1.62. The highest BCUT2D eigenvalue weighted by atomic mass is 15.0. The summed E-state index contributed by atoms with van der Waals surface area (Å²) in [6.07, 6.45) is 6.06. The van der Waals surface area contributed by atoms with E-state index < -0.39 is 0 Å². The van der Waals surface area contributed by atoms with Crippen LogP contribution in [0.4, 0.5) is 0 Å². The summed E-state index contributed by atoms with van der Waals surface area (Å²) in [7, 11) is 0. The second kappa shape index (κ2) is 2.96. The van der Waals surface area contributed by atoms with Gasteiger partial charge in [-0.2, -0.15) is 0 Å². The molecule has 0 amide bonds. The van der Waals surface area contributed by atoms with Crippen LogP contribution in [0.15, 0.2) is 0 Å². The van der Waals surface area contributed by atoms with Crippen LogP contribution in [-0.2, 0) is 0 Å². The van der Waals surface area contributed by atoms with E-state index in [4.69, 9.17) is 0 Å². The molecule has 0 aromatic rings. The van der Waals surface area contributed by atoms with Crippen LogP contribution in [-0.4, -0.2) is 26.2 Å². The summed E-state index contributed by atoms with van der Waals surface area (Å²) in [5.74, 6) is 2.04. The Morgan fingerprint density at radius 3 is 2.46 bits per heavy atom. The van der Waals surface area contributed by atoms with E-state index in [1.54, 1.807) is 0 Å². The lowest BCUT2D eigenvalue weighted by molar-refractivity contribution is 0.310. The van der Waals surface area contributed by atoms with E-state index in [2.05, 4.69) is 10.6 Å². The first-order chi connectivity index (χ1) is 6.39. The highest BCUT2D eigenvalue weighted by molar-refractivity contribution is 5.05. The molecule has 0 spiro atoms. The Bertz CT molecular complexity index is 190. The van der Waals surface area contributed by atoms with Crippen molar-refractivity contribution in [3.8, 4) is 0 Å². The zero-order valence-electron chi connectivity index (χ0n) is 8.31. The van der Waals surface area contributed by atoms with Crippen molar-refractivity contribution in [2.24, 2.45) is 17.3 Å². The standard InChI is InChI=1S/C11H20N2/c1-2-10(1)11(3-4-11)8-13-7-9-5-12-6-9/h9-10,12-13H,1-8H2.